The SMILES string of the molecule is CCCCC/C=C/CCCCCCCC(=O)OC[C@@H](CO[C@H]1O[C@@H](CO)[C@@H](O)C(O)C1O)OC(=O)CCCCCCC/C=C/CCCCC. The lowest BCUT2D eigenvalue weighted by Gasteiger charge is -2.39. The maximum Gasteiger partial charge on any atom is 0.306 e. The summed E-state index contributed by atoms with van der Waals surface area (Å²) >= 11 is 0. The Labute approximate surface area is 296 Å². The molecule has 1 fully saturated rings. The van der Waals surface area contributed by atoms with Gasteiger partial charge < -0.3 is 39.4 Å². The second kappa shape index (κ2) is 31.0. The van der Waals surface area contributed by atoms with Crippen molar-refractivity contribution in [1.82, 2.24) is 0 Å². The van der Waals surface area contributed by atoms with E-state index in [1.807, 2.05) is 0 Å². The molecule has 1 heterocycles. The first kappa shape index (κ1) is 45.2. The van der Waals surface area contributed by atoms with Crippen LogP contribution in [0.4, 0.5) is 0 Å². The third-order valence-corrected chi connectivity index (χ3v) is 8.81. The molecule has 6 atom stereocenters. The van der Waals surface area contributed by atoms with Crippen molar-refractivity contribution in [1.29, 1.82) is 0 Å². The normalized spacial score (nSPS) is 21.8. The molecule has 0 spiro atoms. The Hall–Kier alpha value is -1.82. The highest BCUT2D eigenvalue weighted by molar-refractivity contribution is 5.70. The Morgan fingerprint density at radius 2 is 1.08 bits per heavy atom. The van der Waals surface area contributed by atoms with Crippen LogP contribution in [0.1, 0.15) is 155 Å². The minimum Gasteiger partial charge on any atom is -0.462 e. The van der Waals surface area contributed by atoms with Crippen molar-refractivity contribution < 1.29 is 49.0 Å². The zero-order valence-corrected chi connectivity index (χ0v) is 30.7. The predicted octanol–water partition coefficient (Wildman–Crippen LogP) is 6.99. The van der Waals surface area contributed by atoms with Crippen molar-refractivity contribution in [2.75, 3.05) is 19.8 Å². The average molecular weight is 699 g/mol. The molecule has 0 saturated carbocycles. The fourth-order valence-electron chi connectivity index (χ4n) is 5.65. The second-order valence-electron chi connectivity index (χ2n) is 13.4. The first-order valence-corrected chi connectivity index (χ1v) is 19.4. The Bertz CT molecular complexity index is 861. The van der Waals surface area contributed by atoms with Crippen LogP contribution in [-0.4, -0.2) is 89.0 Å². The Morgan fingerprint density at radius 3 is 1.59 bits per heavy atom. The summed E-state index contributed by atoms with van der Waals surface area (Å²) < 4.78 is 22.0. The molecule has 286 valence electrons. The molecule has 4 N–H and O–H groups in total. The molecule has 1 rings (SSSR count). The van der Waals surface area contributed by atoms with E-state index in [1.54, 1.807) is 0 Å². The fourth-order valence-corrected chi connectivity index (χ4v) is 5.65. The molecular weight excluding hydrogens is 628 g/mol. The van der Waals surface area contributed by atoms with E-state index in [2.05, 4.69) is 38.2 Å². The van der Waals surface area contributed by atoms with Crippen LogP contribution < -0.4 is 0 Å². The summed E-state index contributed by atoms with van der Waals surface area (Å²) in [4.78, 5) is 25.1. The lowest BCUT2D eigenvalue weighted by molar-refractivity contribution is -0.305. The van der Waals surface area contributed by atoms with E-state index < -0.39 is 49.4 Å². The minimum atomic E-state index is -1.59. The van der Waals surface area contributed by atoms with Gasteiger partial charge in [-0.05, 0) is 64.2 Å². The number of unbranched alkanes of at least 4 members (excludes halogenated alkanes) is 16. The molecule has 0 radical (unpaired) electrons. The van der Waals surface area contributed by atoms with Crippen LogP contribution >= 0.6 is 0 Å². The van der Waals surface area contributed by atoms with Crippen LogP contribution in [0, 0.1) is 0 Å². The van der Waals surface area contributed by atoms with Crippen LogP contribution in [0.25, 0.3) is 0 Å². The first-order chi connectivity index (χ1) is 23.8. The maximum atomic E-state index is 12.7. The van der Waals surface area contributed by atoms with E-state index in [0.29, 0.717) is 12.8 Å². The molecule has 0 aromatic carbocycles. The summed E-state index contributed by atoms with van der Waals surface area (Å²) in [5.41, 5.74) is 0. The fraction of sp³-hybridized carbons (Fsp3) is 0.846. The summed E-state index contributed by atoms with van der Waals surface area (Å²) in [6, 6.07) is 0. The largest absolute Gasteiger partial charge is 0.462 e. The molecule has 0 amide bonds. The molecule has 0 aromatic heterocycles. The summed E-state index contributed by atoms with van der Waals surface area (Å²) in [5, 5.41) is 39.9. The predicted molar refractivity (Wildman–Crippen MR) is 192 cm³/mol. The second-order valence-corrected chi connectivity index (χ2v) is 13.4. The third kappa shape index (κ3) is 23.3. The van der Waals surface area contributed by atoms with Crippen LogP contribution in [0.2, 0.25) is 0 Å². The van der Waals surface area contributed by atoms with Gasteiger partial charge in [0.1, 0.15) is 31.0 Å². The Balaban J connectivity index is 2.42. The number of rotatable bonds is 31. The van der Waals surface area contributed by atoms with E-state index in [9.17, 15) is 30.0 Å². The summed E-state index contributed by atoms with van der Waals surface area (Å²) in [7, 11) is 0. The maximum absolute atomic E-state index is 12.7. The summed E-state index contributed by atoms with van der Waals surface area (Å²) in [6.45, 7) is 3.33. The van der Waals surface area contributed by atoms with Gasteiger partial charge in [0, 0.05) is 12.8 Å². The van der Waals surface area contributed by atoms with Crippen molar-refractivity contribution >= 4 is 11.9 Å². The molecular formula is C39H70O10. The summed E-state index contributed by atoms with van der Waals surface area (Å²) in [5.74, 6) is -0.830. The van der Waals surface area contributed by atoms with Gasteiger partial charge >= 0.3 is 11.9 Å². The highest BCUT2D eigenvalue weighted by Crippen LogP contribution is 2.22. The molecule has 1 aliphatic rings. The standard InChI is InChI=1S/C39H70O10/c1-3-5-7-9-11-13-15-17-19-21-23-25-27-34(41)46-30-32(31-47-39-38(45)37(44)36(43)33(29-40)49-39)48-35(42)28-26-24-22-20-18-16-14-12-10-8-6-4-2/h11-14,32-33,36-40,43-45H,3-10,15-31H2,1-2H3/b13-11+,14-12+/t32-,33-,36+,37?,38?,39-/m0/s1. The van der Waals surface area contributed by atoms with Crippen molar-refractivity contribution in [2.45, 2.75) is 192 Å². The quantitative estimate of drug-likeness (QED) is 0.0339. The number of hydrogen-bond donors (Lipinski definition) is 4. The number of aliphatic hydroxyl groups is 4. The lowest BCUT2D eigenvalue weighted by Crippen LogP contribution is -2.59. The molecule has 1 aliphatic heterocycles. The van der Waals surface area contributed by atoms with Gasteiger partial charge in [0.25, 0.3) is 0 Å². The van der Waals surface area contributed by atoms with Gasteiger partial charge in [0.15, 0.2) is 12.4 Å². The molecule has 0 aromatic rings. The van der Waals surface area contributed by atoms with Gasteiger partial charge in [0.2, 0.25) is 0 Å². The Morgan fingerprint density at radius 1 is 0.612 bits per heavy atom. The number of esters is 2. The zero-order chi connectivity index (χ0) is 36.0. The van der Waals surface area contributed by atoms with E-state index in [1.165, 1.54) is 38.5 Å². The third-order valence-electron chi connectivity index (χ3n) is 8.81. The van der Waals surface area contributed by atoms with Gasteiger partial charge in [-0.25, -0.2) is 0 Å². The van der Waals surface area contributed by atoms with Crippen LogP contribution in [-0.2, 0) is 28.5 Å². The van der Waals surface area contributed by atoms with Gasteiger partial charge in [-0.15, -0.1) is 0 Å². The van der Waals surface area contributed by atoms with Crippen molar-refractivity contribution in [3.63, 3.8) is 0 Å². The number of ether oxygens (including phenoxy) is 4. The first-order valence-electron chi connectivity index (χ1n) is 19.4. The Kier molecular flexibility index (Phi) is 28.6. The number of carbonyl (C=O) groups excluding carboxylic acids is 2. The molecule has 10 heteroatoms. The van der Waals surface area contributed by atoms with Crippen LogP contribution in [0.5, 0.6) is 0 Å². The molecule has 49 heavy (non-hydrogen) atoms. The topological polar surface area (TPSA) is 152 Å². The van der Waals surface area contributed by atoms with Crippen molar-refractivity contribution in [3.05, 3.63) is 24.3 Å². The number of allylic oxidation sites excluding steroid dienone is 4. The zero-order valence-electron chi connectivity index (χ0n) is 30.7. The van der Waals surface area contributed by atoms with Gasteiger partial charge in [-0.1, -0.05) is 102 Å². The van der Waals surface area contributed by atoms with E-state index in [4.69, 9.17) is 18.9 Å². The van der Waals surface area contributed by atoms with E-state index in [-0.39, 0.29) is 32.0 Å². The monoisotopic (exact) mass is 698 g/mol. The highest BCUT2D eigenvalue weighted by Gasteiger charge is 2.44. The van der Waals surface area contributed by atoms with E-state index >= 15 is 0 Å². The summed E-state index contributed by atoms with van der Waals surface area (Å²) in [6.07, 6.45) is 23.3. The highest BCUT2D eigenvalue weighted by atomic mass is 16.7. The molecule has 0 bridgehead atoms. The van der Waals surface area contributed by atoms with Gasteiger partial charge in [0.05, 0.1) is 13.2 Å². The van der Waals surface area contributed by atoms with E-state index in [0.717, 1.165) is 77.0 Å². The van der Waals surface area contributed by atoms with Crippen LogP contribution in [0.3, 0.4) is 0 Å². The molecule has 0 aliphatic carbocycles. The van der Waals surface area contributed by atoms with Crippen molar-refractivity contribution in [2.24, 2.45) is 0 Å². The van der Waals surface area contributed by atoms with Crippen LogP contribution in [0.15, 0.2) is 24.3 Å². The van der Waals surface area contributed by atoms with Gasteiger partial charge in [-0.3, -0.25) is 9.59 Å². The number of hydrogen-bond acceptors (Lipinski definition) is 10. The average Bonchev–Trinajstić information content (AvgIpc) is 3.10. The van der Waals surface area contributed by atoms with Gasteiger partial charge in [-0.2, -0.15) is 0 Å². The lowest BCUT2D eigenvalue weighted by atomic mass is 9.99. The van der Waals surface area contributed by atoms with Crippen molar-refractivity contribution in [3.8, 4) is 0 Å². The molecule has 10 nitrogen and oxygen atoms in total. The molecule has 2 unspecified atom stereocenters. The molecule has 1 saturated heterocycles. The smallest absolute Gasteiger partial charge is 0.306 e. The number of aliphatic hydroxyl groups excluding tert-OH is 4. The number of carbonyl (C=O) groups is 2. The minimum absolute atomic E-state index is 0.219.